The molecule has 10 aromatic carbocycles. The van der Waals surface area contributed by atoms with E-state index in [0.29, 0.717) is 17.7 Å². The Labute approximate surface area is 413 Å². The Morgan fingerprint density at radius 2 is 0.718 bits per heavy atom. The third-order valence-corrected chi connectivity index (χ3v) is 21.1. The van der Waals surface area contributed by atoms with Crippen LogP contribution in [0.1, 0.15) is 0 Å². The molecule has 0 bridgehead atoms. The average Bonchev–Trinajstić information content (AvgIpc) is 4.08. The van der Waals surface area contributed by atoms with Crippen LogP contribution in [0.4, 0.5) is 0 Å². The quantitative estimate of drug-likeness (QED) is 0.156. The monoisotopic (exact) mass is 940 g/mol. The maximum Gasteiger partial charge on any atom is 0.240 e. The van der Waals surface area contributed by atoms with Crippen LogP contribution in [0.25, 0.3) is 94.4 Å². The van der Waals surface area contributed by atoms with E-state index in [0.717, 1.165) is 65.9 Å². The Balaban J connectivity index is 1.03. The number of aromatic nitrogens is 6. The van der Waals surface area contributed by atoms with Crippen LogP contribution in [0.15, 0.2) is 252 Å². The molecule has 0 saturated carbocycles. The molecule has 1 aliphatic heterocycles. The normalized spacial score (nSPS) is 13.1. The lowest BCUT2D eigenvalue weighted by Gasteiger charge is -2.39. The summed E-state index contributed by atoms with van der Waals surface area (Å²) in [5, 5.41) is 12.5. The number of hydrogen-bond acceptors (Lipinski definition) is 4. The zero-order chi connectivity index (χ0) is 46.6. The van der Waals surface area contributed by atoms with Crippen molar-refractivity contribution in [2.45, 2.75) is 9.79 Å². The molecule has 0 radical (unpaired) electrons. The second kappa shape index (κ2) is 15.6. The zero-order valence-corrected chi connectivity index (χ0v) is 40.0. The molecule has 71 heavy (non-hydrogen) atoms. The molecule has 0 aliphatic carbocycles. The van der Waals surface area contributed by atoms with Gasteiger partial charge in [-0.15, -0.1) is 0 Å². The predicted octanol–water partition coefficient (Wildman–Crippen LogP) is 12.7. The fraction of sp³-hybridized carbons (Fsp3) is 0. The molecule has 332 valence electrons. The summed E-state index contributed by atoms with van der Waals surface area (Å²) in [6.45, 7) is 0. The lowest BCUT2D eigenvalue weighted by Crippen LogP contribution is -2.76. The Bertz CT molecular complexity index is 4190. The summed E-state index contributed by atoms with van der Waals surface area (Å²) >= 11 is 1.89. The molecule has 4 aromatic heterocycles. The number of nitrogens with zero attached hydrogens (tertiary/aromatic N) is 6. The first kappa shape index (κ1) is 40.1. The molecule has 0 N–H and O–H groups in total. The van der Waals surface area contributed by atoms with Crippen LogP contribution in [-0.2, 0) is 0 Å². The van der Waals surface area contributed by atoms with Crippen LogP contribution < -0.4 is 20.7 Å². The van der Waals surface area contributed by atoms with Gasteiger partial charge in [0.25, 0.3) is 0 Å². The molecule has 0 fully saturated rings. The molecule has 0 atom stereocenters. The van der Waals surface area contributed by atoms with E-state index >= 15 is 0 Å². The molecular weight excluding hydrogens is 901 g/mol. The van der Waals surface area contributed by atoms with E-state index in [9.17, 15) is 0 Å². The lowest BCUT2D eigenvalue weighted by atomic mass is 10.1. The molecule has 15 rings (SSSR count). The van der Waals surface area contributed by atoms with Crippen molar-refractivity contribution < 1.29 is 0 Å². The van der Waals surface area contributed by atoms with Crippen LogP contribution in [0.5, 0.6) is 0 Å². The van der Waals surface area contributed by atoms with E-state index in [-0.39, 0.29) is 0 Å². The molecule has 8 heteroatoms. The highest BCUT2D eigenvalue weighted by Crippen LogP contribution is 2.39. The van der Waals surface area contributed by atoms with Gasteiger partial charge in [-0.25, -0.2) is 0 Å². The highest BCUT2D eigenvalue weighted by atomic mass is 32.2. The first-order chi connectivity index (χ1) is 35.2. The number of fused-ring (bicyclic) bond motifs is 11. The van der Waals surface area contributed by atoms with Gasteiger partial charge in [0, 0.05) is 47.7 Å². The van der Waals surface area contributed by atoms with E-state index in [1.54, 1.807) is 0 Å². The van der Waals surface area contributed by atoms with Crippen molar-refractivity contribution in [1.29, 1.82) is 0 Å². The van der Waals surface area contributed by atoms with Crippen molar-refractivity contribution in [1.82, 2.24) is 28.7 Å². The Kier molecular flexibility index (Phi) is 8.81. The lowest BCUT2D eigenvalue weighted by molar-refractivity contribution is 0.892. The molecule has 14 aromatic rings. The highest BCUT2D eigenvalue weighted by molar-refractivity contribution is 8.00. The van der Waals surface area contributed by atoms with E-state index in [1.165, 1.54) is 41.3 Å². The van der Waals surface area contributed by atoms with Gasteiger partial charge in [-0.2, -0.15) is 15.0 Å². The van der Waals surface area contributed by atoms with Crippen molar-refractivity contribution in [3.05, 3.63) is 243 Å². The van der Waals surface area contributed by atoms with Crippen LogP contribution in [0.3, 0.4) is 0 Å². The number of hydrogen-bond donors (Lipinski definition) is 0. The van der Waals surface area contributed by atoms with Gasteiger partial charge in [0.1, 0.15) is 0 Å². The Morgan fingerprint density at radius 3 is 1.24 bits per heavy atom. The molecular formula is C63H40N6SSi. The minimum Gasteiger partial charge on any atom is -0.309 e. The minimum atomic E-state index is -2.88. The fourth-order valence-electron chi connectivity index (χ4n) is 11.7. The van der Waals surface area contributed by atoms with Crippen LogP contribution in [0, 0.1) is 0 Å². The summed E-state index contributed by atoms with van der Waals surface area (Å²) in [5.74, 6) is 1.67. The second-order valence-corrected chi connectivity index (χ2v) is 23.1. The van der Waals surface area contributed by atoms with E-state index in [1.807, 2.05) is 11.8 Å². The van der Waals surface area contributed by atoms with Gasteiger partial charge < -0.3 is 4.57 Å². The summed E-state index contributed by atoms with van der Waals surface area (Å²) in [6, 6.07) is 88.4. The molecule has 6 nitrogen and oxygen atoms in total. The number of rotatable bonds is 6. The van der Waals surface area contributed by atoms with Crippen molar-refractivity contribution >= 4 is 106 Å². The summed E-state index contributed by atoms with van der Waals surface area (Å²) in [5.41, 5.74) is 8.25. The summed E-state index contributed by atoms with van der Waals surface area (Å²) in [7, 11) is -2.88. The summed E-state index contributed by atoms with van der Waals surface area (Å²) < 4.78 is 6.86. The van der Waals surface area contributed by atoms with Gasteiger partial charge in [0.2, 0.25) is 11.9 Å². The summed E-state index contributed by atoms with van der Waals surface area (Å²) in [6.07, 6.45) is 0. The van der Waals surface area contributed by atoms with Gasteiger partial charge in [-0.1, -0.05) is 194 Å². The third-order valence-electron chi connectivity index (χ3n) is 14.7. The van der Waals surface area contributed by atoms with Gasteiger partial charge in [0.05, 0.1) is 38.8 Å². The maximum absolute atomic E-state index is 5.56. The van der Waals surface area contributed by atoms with Gasteiger partial charge >= 0.3 is 0 Å². The Hall–Kier alpha value is -8.82. The first-order valence-corrected chi connectivity index (χ1v) is 26.8. The molecule has 0 unspecified atom stereocenters. The third kappa shape index (κ3) is 5.80. The molecule has 1 aliphatic rings. The van der Waals surface area contributed by atoms with Crippen molar-refractivity contribution in [3.63, 3.8) is 0 Å². The van der Waals surface area contributed by atoms with E-state index in [4.69, 9.17) is 15.0 Å². The maximum atomic E-state index is 5.56. The summed E-state index contributed by atoms with van der Waals surface area (Å²) in [4.78, 5) is 19.2. The van der Waals surface area contributed by atoms with Crippen molar-refractivity contribution in [3.8, 4) is 29.0 Å². The Morgan fingerprint density at radius 1 is 0.310 bits per heavy atom. The van der Waals surface area contributed by atoms with Gasteiger partial charge in [0.15, 0.2) is 13.9 Å². The second-order valence-electron chi connectivity index (χ2n) is 18.3. The minimum absolute atomic E-state index is 0.548. The van der Waals surface area contributed by atoms with Crippen LogP contribution in [-0.4, -0.2) is 36.7 Å². The van der Waals surface area contributed by atoms with Crippen LogP contribution >= 0.6 is 11.8 Å². The largest absolute Gasteiger partial charge is 0.309 e. The first-order valence-electron chi connectivity index (χ1n) is 24.0. The standard InChI is InChI=1S/C63H40N6SSi/c1-2-20-41(21-3-1)71(59-36-18-16-34-57(59)70-58-35-17-19-37-60(58)71)42-38-39-48-47-26-4-10-28-50(47)67(56(48)40-42)55-33-15-9-27-49(55)61-64-62(68-51-29-11-5-22-43(51)44-23-6-12-30-52(44)68)66-63(65-61)69-53-31-13-7-24-45(53)46-25-8-14-32-54(46)69/h1-40H. The highest BCUT2D eigenvalue weighted by Gasteiger charge is 2.47. The molecule has 0 spiro atoms. The van der Waals surface area contributed by atoms with Gasteiger partial charge in [-0.3, -0.25) is 9.13 Å². The van der Waals surface area contributed by atoms with Gasteiger partial charge in [-0.05, 0) is 81.4 Å². The molecule has 0 amide bonds. The van der Waals surface area contributed by atoms with E-state index < -0.39 is 8.07 Å². The number of para-hydroxylation sites is 6. The van der Waals surface area contributed by atoms with Crippen molar-refractivity contribution in [2.24, 2.45) is 0 Å². The molecule has 0 saturated heterocycles. The zero-order valence-electron chi connectivity index (χ0n) is 38.2. The topological polar surface area (TPSA) is 53.5 Å². The predicted molar refractivity (Wildman–Crippen MR) is 296 cm³/mol. The number of benzene rings is 10. The fourth-order valence-corrected chi connectivity index (χ4v) is 18.7. The van der Waals surface area contributed by atoms with Crippen LogP contribution in [0.2, 0.25) is 0 Å². The SMILES string of the molecule is c1ccc([Si]2(c3ccc4c5ccccc5n(-c5ccccc5-c5nc(-n6c7ccccc7c7ccccc76)nc(-n6c7ccccc7c7ccccc76)n5)c4c3)c3ccccc3Sc3ccccc32)cc1. The molecule has 5 heterocycles. The smallest absolute Gasteiger partial charge is 0.240 e. The van der Waals surface area contributed by atoms with Crippen molar-refractivity contribution in [2.75, 3.05) is 0 Å². The van der Waals surface area contributed by atoms with E-state index in [2.05, 4.69) is 256 Å². The average molecular weight is 941 g/mol.